The number of aromatic nitrogens is 2. The Labute approximate surface area is 174 Å². The molecule has 0 saturated heterocycles. The summed E-state index contributed by atoms with van der Waals surface area (Å²) in [6.07, 6.45) is 3.86. The van der Waals surface area contributed by atoms with Crippen molar-refractivity contribution in [2.75, 3.05) is 11.3 Å². The van der Waals surface area contributed by atoms with Gasteiger partial charge in [-0.3, -0.25) is 4.72 Å². The zero-order valence-corrected chi connectivity index (χ0v) is 17.3. The van der Waals surface area contributed by atoms with Crippen molar-refractivity contribution in [2.45, 2.75) is 18.7 Å². The van der Waals surface area contributed by atoms with Crippen LogP contribution in [0.15, 0.2) is 71.9 Å². The van der Waals surface area contributed by atoms with Gasteiger partial charge in [-0.1, -0.05) is 12.1 Å². The van der Waals surface area contributed by atoms with Crippen LogP contribution >= 0.6 is 0 Å². The topological polar surface area (TPSA) is 72.7 Å². The van der Waals surface area contributed by atoms with E-state index in [1.807, 2.05) is 35.9 Å². The highest BCUT2D eigenvalue weighted by Crippen LogP contribution is 2.25. The molecular weight excluding hydrogens is 405 g/mol. The number of anilines is 1. The first-order chi connectivity index (χ1) is 14.4. The summed E-state index contributed by atoms with van der Waals surface area (Å²) < 4.78 is 48.7. The van der Waals surface area contributed by atoms with Crippen molar-refractivity contribution in [2.24, 2.45) is 0 Å². The van der Waals surface area contributed by atoms with Gasteiger partial charge in [0.2, 0.25) is 0 Å². The van der Waals surface area contributed by atoms with Gasteiger partial charge >= 0.3 is 0 Å². The first kappa shape index (κ1) is 19.9. The maximum absolute atomic E-state index is 14.0. The van der Waals surface area contributed by atoms with E-state index in [-0.39, 0.29) is 10.6 Å². The Hall–Kier alpha value is -3.39. The van der Waals surface area contributed by atoms with E-state index in [1.165, 1.54) is 12.1 Å². The van der Waals surface area contributed by atoms with Crippen LogP contribution in [-0.2, 0) is 10.0 Å². The van der Waals surface area contributed by atoms with Gasteiger partial charge in [-0.05, 0) is 61.9 Å². The first-order valence-corrected chi connectivity index (χ1v) is 10.8. The molecule has 0 fully saturated rings. The molecule has 2 aromatic carbocycles. The number of pyridine rings is 1. The van der Waals surface area contributed by atoms with Crippen molar-refractivity contribution < 1.29 is 17.5 Å². The van der Waals surface area contributed by atoms with E-state index in [9.17, 15) is 12.8 Å². The number of nitrogens with one attached hydrogen (secondary N) is 1. The number of hydrogen-bond acceptors (Lipinski definition) is 4. The highest BCUT2D eigenvalue weighted by Gasteiger charge is 2.17. The second kappa shape index (κ2) is 7.79. The minimum atomic E-state index is -3.94. The number of imidazole rings is 1. The third kappa shape index (κ3) is 3.99. The van der Waals surface area contributed by atoms with E-state index in [0.717, 1.165) is 28.5 Å². The van der Waals surface area contributed by atoms with Gasteiger partial charge in [0.1, 0.15) is 5.65 Å². The lowest BCUT2D eigenvalue weighted by Gasteiger charge is -2.10. The largest absolute Gasteiger partial charge is 0.491 e. The minimum Gasteiger partial charge on any atom is -0.491 e. The lowest BCUT2D eigenvalue weighted by molar-refractivity contribution is 0.321. The maximum atomic E-state index is 14.0. The third-order valence-corrected chi connectivity index (χ3v) is 5.94. The van der Waals surface area contributed by atoms with Crippen molar-refractivity contribution >= 4 is 21.4 Å². The lowest BCUT2D eigenvalue weighted by atomic mass is 10.1. The molecule has 0 aliphatic carbocycles. The lowest BCUT2D eigenvalue weighted by Crippen LogP contribution is -2.13. The fourth-order valence-corrected chi connectivity index (χ4v) is 4.14. The number of ether oxygens (including phenoxy) is 1. The molecule has 30 heavy (non-hydrogen) atoms. The summed E-state index contributed by atoms with van der Waals surface area (Å²) in [5.74, 6) is -0.708. The fourth-order valence-electron chi connectivity index (χ4n) is 3.07. The highest BCUT2D eigenvalue weighted by molar-refractivity contribution is 7.92. The number of hydrogen-bond donors (Lipinski definition) is 1. The van der Waals surface area contributed by atoms with E-state index in [0.29, 0.717) is 12.3 Å². The van der Waals surface area contributed by atoms with Gasteiger partial charge in [-0.25, -0.2) is 17.8 Å². The number of nitrogens with zero attached hydrogens (tertiary/aromatic N) is 2. The molecule has 2 heterocycles. The summed E-state index contributed by atoms with van der Waals surface area (Å²) in [6.45, 7) is 4.02. The molecule has 0 saturated carbocycles. The molecule has 0 atom stereocenters. The van der Waals surface area contributed by atoms with Crippen molar-refractivity contribution in [1.82, 2.24) is 9.38 Å². The van der Waals surface area contributed by atoms with Gasteiger partial charge < -0.3 is 9.14 Å². The zero-order valence-electron chi connectivity index (χ0n) is 16.5. The normalized spacial score (nSPS) is 11.6. The number of halogens is 1. The molecule has 8 heteroatoms. The average molecular weight is 425 g/mol. The summed E-state index contributed by atoms with van der Waals surface area (Å²) in [5.41, 5.74) is 3.96. The number of rotatable bonds is 6. The van der Waals surface area contributed by atoms with E-state index in [4.69, 9.17) is 4.74 Å². The monoisotopic (exact) mass is 425 g/mol. The van der Waals surface area contributed by atoms with E-state index < -0.39 is 15.8 Å². The molecule has 0 aliphatic rings. The smallest absolute Gasteiger partial charge is 0.262 e. The van der Waals surface area contributed by atoms with Gasteiger partial charge in [0, 0.05) is 23.6 Å². The summed E-state index contributed by atoms with van der Waals surface area (Å²) in [6, 6.07) is 14.4. The predicted molar refractivity (Wildman–Crippen MR) is 114 cm³/mol. The van der Waals surface area contributed by atoms with E-state index >= 15 is 0 Å². The summed E-state index contributed by atoms with van der Waals surface area (Å²) >= 11 is 0. The minimum absolute atomic E-state index is 0.0171. The third-order valence-electron chi connectivity index (χ3n) is 4.56. The highest BCUT2D eigenvalue weighted by atomic mass is 32.2. The van der Waals surface area contributed by atoms with Gasteiger partial charge in [-0.15, -0.1) is 0 Å². The van der Waals surface area contributed by atoms with E-state index in [1.54, 1.807) is 31.2 Å². The average Bonchev–Trinajstić information content (AvgIpc) is 3.13. The van der Waals surface area contributed by atoms with Crippen LogP contribution in [-0.4, -0.2) is 24.4 Å². The standard InChI is InChI=1S/C22H20FN3O3S/c1-3-29-21-9-8-18(13-19(21)23)30(27,28)25-17-6-4-16(5-7-17)20-14-26-11-10-15(2)12-22(26)24-20/h4-14,25H,3H2,1-2H3. The Morgan fingerprint density at radius 1 is 1.10 bits per heavy atom. The number of fused-ring (bicyclic) bond motifs is 1. The number of sulfonamides is 1. The van der Waals surface area contributed by atoms with Crippen LogP contribution in [0.4, 0.5) is 10.1 Å². The van der Waals surface area contributed by atoms with Gasteiger partial charge in [0.25, 0.3) is 10.0 Å². The quantitative estimate of drug-likeness (QED) is 0.488. The molecule has 4 aromatic rings. The van der Waals surface area contributed by atoms with Crippen molar-refractivity contribution in [3.63, 3.8) is 0 Å². The molecule has 1 N–H and O–H groups in total. The van der Waals surface area contributed by atoms with Crippen molar-refractivity contribution in [1.29, 1.82) is 0 Å². The van der Waals surface area contributed by atoms with Crippen molar-refractivity contribution in [3.8, 4) is 17.0 Å². The van der Waals surface area contributed by atoms with E-state index in [2.05, 4.69) is 9.71 Å². The molecular formula is C22H20FN3O3S. The van der Waals surface area contributed by atoms with Crippen LogP contribution in [0.3, 0.4) is 0 Å². The molecule has 0 amide bonds. The Bertz CT molecular complexity index is 1320. The van der Waals surface area contributed by atoms with Crippen LogP contribution in [0.2, 0.25) is 0 Å². The summed E-state index contributed by atoms with van der Waals surface area (Å²) in [4.78, 5) is 4.42. The fraction of sp³-hybridized carbons (Fsp3) is 0.136. The Kier molecular flexibility index (Phi) is 5.17. The molecule has 0 spiro atoms. The molecule has 0 radical (unpaired) electrons. The molecule has 4 rings (SSSR count). The molecule has 154 valence electrons. The Balaban J connectivity index is 1.55. The predicted octanol–water partition coefficient (Wildman–Crippen LogP) is 4.65. The Morgan fingerprint density at radius 2 is 1.87 bits per heavy atom. The molecule has 0 aliphatic heterocycles. The second-order valence-electron chi connectivity index (χ2n) is 6.80. The maximum Gasteiger partial charge on any atom is 0.262 e. The second-order valence-corrected chi connectivity index (χ2v) is 8.49. The Morgan fingerprint density at radius 3 is 2.57 bits per heavy atom. The van der Waals surface area contributed by atoms with Gasteiger partial charge in [-0.2, -0.15) is 0 Å². The number of aryl methyl sites for hydroxylation is 1. The van der Waals surface area contributed by atoms with Gasteiger partial charge in [0.15, 0.2) is 11.6 Å². The molecule has 0 bridgehead atoms. The zero-order chi connectivity index (χ0) is 21.3. The van der Waals surface area contributed by atoms with Crippen LogP contribution in [0.5, 0.6) is 5.75 Å². The van der Waals surface area contributed by atoms with Crippen LogP contribution in [0, 0.1) is 12.7 Å². The van der Waals surface area contributed by atoms with Crippen molar-refractivity contribution in [3.05, 3.63) is 78.4 Å². The van der Waals surface area contributed by atoms with Gasteiger partial charge in [0.05, 0.1) is 17.2 Å². The summed E-state index contributed by atoms with van der Waals surface area (Å²) in [5, 5.41) is 0. The first-order valence-electron chi connectivity index (χ1n) is 9.37. The SMILES string of the molecule is CCOc1ccc(S(=O)(=O)Nc2ccc(-c3cn4ccc(C)cc4n3)cc2)cc1F. The van der Waals surface area contributed by atoms with Crippen LogP contribution in [0.25, 0.3) is 16.9 Å². The summed E-state index contributed by atoms with van der Waals surface area (Å²) in [7, 11) is -3.94. The molecule has 6 nitrogen and oxygen atoms in total. The van der Waals surface area contributed by atoms with Crippen LogP contribution in [0.1, 0.15) is 12.5 Å². The van der Waals surface area contributed by atoms with Crippen LogP contribution < -0.4 is 9.46 Å². The molecule has 0 unspecified atom stereocenters. The number of benzene rings is 2. The molecule has 2 aromatic heterocycles.